The van der Waals surface area contributed by atoms with Gasteiger partial charge in [0.25, 0.3) is 5.91 Å². The standard InChI is InChI=1S/C15H16N2O3S2/c1-21-14-10-6-5-9-13(14)16-15(18)11-7-3-4-8-12(11)17-22(2,19)20/h3-10,17H,1-2H3,(H,16,18). The molecule has 0 radical (unpaired) electrons. The van der Waals surface area contributed by atoms with E-state index in [9.17, 15) is 13.2 Å². The van der Waals surface area contributed by atoms with Crippen LogP contribution in [0.5, 0.6) is 0 Å². The number of carbonyl (C=O) groups is 1. The Morgan fingerprint density at radius 2 is 1.59 bits per heavy atom. The lowest BCUT2D eigenvalue weighted by atomic mass is 10.1. The summed E-state index contributed by atoms with van der Waals surface area (Å²) in [5, 5.41) is 2.81. The first kappa shape index (κ1) is 16.4. The lowest BCUT2D eigenvalue weighted by Gasteiger charge is -2.12. The van der Waals surface area contributed by atoms with E-state index in [0.717, 1.165) is 11.2 Å². The van der Waals surface area contributed by atoms with Crippen molar-refractivity contribution >= 4 is 39.1 Å². The van der Waals surface area contributed by atoms with Gasteiger partial charge in [-0.2, -0.15) is 0 Å². The van der Waals surface area contributed by atoms with Gasteiger partial charge in [0, 0.05) is 4.90 Å². The molecule has 0 saturated heterocycles. The minimum Gasteiger partial charge on any atom is -0.321 e. The summed E-state index contributed by atoms with van der Waals surface area (Å²) in [5.41, 5.74) is 1.21. The zero-order chi connectivity index (χ0) is 16.2. The number of rotatable bonds is 5. The molecule has 2 aromatic rings. The van der Waals surface area contributed by atoms with Gasteiger partial charge in [-0.25, -0.2) is 8.42 Å². The normalized spacial score (nSPS) is 11.0. The van der Waals surface area contributed by atoms with Crippen LogP contribution in [0, 0.1) is 0 Å². The highest BCUT2D eigenvalue weighted by Gasteiger charge is 2.14. The zero-order valence-electron chi connectivity index (χ0n) is 12.2. The predicted molar refractivity (Wildman–Crippen MR) is 91.1 cm³/mol. The number of hydrogen-bond acceptors (Lipinski definition) is 4. The molecule has 7 heteroatoms. The van der Waals surface area contributed by atoms with Crippen molar-refractivity contribution in [3.63, 3.8) is 0 Å². The summed E-state index contributed by atoms with van der Waals surface area (Å²) in [6.45, 7) is 0. The van der Waals surface area contributed by atoms with E-state index < -0.39 is 10.0 Å². The number of benzene rings is 2. The largest absolute Gasteiger partial charge is 0.321 e. The fraction of sp³-hybridized carbons (Fsp3) is 0.133. The number of sulfonamides is 1. The van der Waals surface area contributed by atoms with Gasteiger partial charge in [0.2, 0.25) is 10.0 Å². The van der Waals surface area contributed by atoms with E-state index in [0.29, 0.717) is 5.69 Å². The maximum atomic E-state index is 12.4. The van der Waals surface area contributed by atoms with E-state index in [1.165, 1.54) is 11.8 Å². The second-order valence-corrected chi connectivity index (χ2v) is 7.17. The molecule has 22 heavy (non-hydrogen) atoms. The third-order valence-electron chi connectivity index (χ3n) is 2.82. The molecule has 0 aromatic heterocycles. The molecular weight excluding hydrogens is 320 g/mol. The number of para-hydroxylation sites is 2. The highest BCUT2D eigenvalue weighted by molar-refractivity contribution is 7.98. The lowest BCUT2D eigenvalue weighted by Crippen LogP contribution is -2.17. The molecule has 0 spiro atoms. The average Bonchev–Trinajstić information content (AvgIpc) is 2.46. The third kappa shape index (κ3) is 4.25. The van der Waals surface area contributed by atoms with Crippen molar-refractivity contribution < 1.29 is 13.2 Å². The topological polar surface area (TPSA) is 75.3 Å². The van der Waals surface area contributed by atoms with Gasteiger partial charge in [0.1, 0.15) is 0 Å². The van der Waals surface area contributed by atoms with Gasteiger partial charge in [-0.3, -0.25) is 9.52 Å². The summed E-state index contributed by atoms with van der Waals surface area (Å²) < 4.78 is 25.1. The highest BCUT2D eigenvalue weighted by atomic mass is 32.2. The number of nitrogens with one attached hydrogen (secondary N) is 2. The fourth-order valence-electron chi connectivity index (χ4n) is 1.91. The maximum Gasteiger partial charge on any atom is 0.257 e. The monoisotopic (exact) mass is 336 g/mol. The smallest absolute Gasteiger partial charge is 0.257 e. The van der Waals surface area contributed by atoms with Crippen LogP contribution in [0.25, 0.3) is 0 Å². The molecule has 0 unspecified atom stereocenters. The Kier molecular flexibility index (Phi) is 5.10. The Bertz CT molecular complexity index is 789. The van der Waals surface area contributed by atoms with Crippen molar-refractivity contribution in [2.75, 3.05) is 22.6 Å². The molecule has 0 heterocycles. The highest BCUT2D eigenvalue weighted by Crippen LogP contribution is 2.26. The molecule has 2 rings (SSSR count). The van der Waals surface area contributed by atoms with E-state index in [-0.39, 0.29) is 17.2 Å². The Hall–Kier alpha value is -1.99. The molecule has 0 bridgehead atoms. The van der Waals surface area contributed by atoms with E-state index in [2.05, 4.69) is 10.0 Å². The van der Waals surface area contributed by atoms with E-state index in [1.807, 2.05) is 24.5 Å². The Balaban J connectivity index is 2.30. The van der Waals surface area contributed by atoms with Gasteiger partial charge < -0.3 is 5.32 Å². The van der Waals surface area contributed by atoms with Crippen molar-refractivity contribution in [2.24, 2.45) is 0 Å². The van der Waals surface area contributed by atoms with Crippen LogP contribution < -0.4 is 10.0 Å². The minimum absolute atomic E-state index is 0.254. The Labute approximate surface area is 134 Å². The second-order valence-electron chi connectivity index (χ2n) is 4.57. The number of anilines is 2. The van der Waals surface area contributed by atoms with Gasteiger partial charge in [-0.15, -0.1) is 11.8 Å². The van der Waals surface area contributed by atoms with Gasteiger partial charge in [0.05, 0.1) is 23.2 Å². The summed E-state index contributed by atoms with van der Waals surface area (Å²) in [4.78, 5) is 13.4. The lowest BCUT2D eigenvalue weighted by molar-refractivity contribution is 0.102. The summed E-state index contributed by atoms with van der Waals surface area (Å²) in [6, 6.07) is 13.9. The van der Waals surface area contributed by atoms with Crippen molar-refractivity contribution in [2.45, 2.75) is 4.90 Å². The summed E-state index contributed by atoms with van der Waals surface area (Å²) >= 11 is 1.52. The van der Waals surface area contributed by atoms with Crippen LogP contribution in [-0.4, -0.2) is 26.8 Å². The SMILES string of the molecule is CSc1ccccc1NC(=O)c1ccccc1NS(C)(=O)=O. The minimum atomic E-state index is -3.45. The van der Waals surface area contributed by atoms with Crippen molar-refractivity contribution in [1.29, 1.82) is 0 Å². The molecule has 116 valence electrons. The number of hydrogen-bond donors (Lipinski definition) is 2. The van der Waals surface area contributed by atoms with Crippen LogP contribution >= 0.6 is 11.8 Å². The summed E-state index contributed by atoms with van der Waals surface area (Å²) in [6.07, 6.45) is 2.97. The molecule has 0 saturated carbocycles. The van der Waals surface area contributed by atoms with Crippen LogP contribution in [0.3, 0.4) is 0 Å². The van der Waals surface area contributed by atoms with E-state index >= 15 is 0 Å². The maximum absolute atomic E-state index is 12.4. The molecule has 0 aliphatic heterocycles. The molecule has 0 aliphatic rings. The molecule has 5 nitrogen and oxygen atoms in total. The molecule has 2 aromatic carbocycles. The van der Waals surface area contributed by atoms with E-state index in [4.69, 9.17) is 0 Å². The number of thioether (sulfide) groups is 1. The third-order valence-corrected chi connectivity index (χ3v) is 4.21. The summed E-state index contributed by atoms with van der Waals surface area (Å²) in [7, 11) is -3.45. The van der Waals surface area contributed by atoms with Crippen molar-refractivity contribution in [1.82, 2.24) is 0 Å². The molecular formula is C15H16N2O3S2. The molecule has 0 atom stereocenters. The Morgan fingerprint density at radius 3 is 2.23 bits per heavy atom. The van der Waals surface area contributed by atoms with Gasteiger partial charge in [-0.05, 0) is 30.5 Å². The molecule has 1 amide bonds. The fourth-order valence-corrected chi connectivity index (χ4v) is 3.04. The summed E-state index contributed by atoms with van der Waals surface area (Å²) in [5.74, 6) is -0.367. The first-order valence-corrected chi connectivity index (χ1v) is 9.53. The van der Waals surface area contributed by atoms with Crippen LogP contribution in [0.2, 0.25) is 0 Å². The van der Waals surface area contributed by atoms with E-state index in [1.54, 1.807) is 30.3 Å². The first-order chi connectivity index (χ1) is 10.4. The van der Waals surface area contributed by atoms with Crippen LogP contribution in [0.15, 0.2) is 53.4 Å². The molecule has 0 aliphatic carbocycles. The van der Waals surface area contributed by atoms with Crippen LogP contribution in [-0.2, 0) is 10.0 Å². The van der Waals surface area contributed by atoms with Crippen molar-refractivity contribution in [3.05, 3.63) is 54.1 Å². The van der Waals surface area contributed by atoms with Gasteiger partial charge in [-0.1, -0.05) is 24.3 Å². The average molecular weight is 336 g/mol. The molecule has 0 fully saturated rings. The van der Waals surface area contributed by atoms with Gasteiger partial charge in [0.15, 0.2) is 0 Å². The number of amides is 1. The first-order valence-electron chi connectivity index (χ1n) is 6.42. The Morgan fingerprint density at radius 1 is 1.00 bits per heavy atom. The van der Waals surface area contributed by atoms with Crippen LogP contribution in [0.1, 0.15) is 10.4 Å². The molecule has 2 N–H and O–H groups in total. The van der Waals surface area contributed by atoms with Crippen molar-refractivity contribution in [3.8, 4) is 0 Å². The zero-order valence-corrected chi connectivity index (χ0v) is 13.8. The van der Waals surface area contributed by atoms with Gasteiger partial charge >= 0.3 is 0 Å². The second kappa shape index (κ2) is 6.85. The quantitative estimate of drug-likeness (QED) is 0.823. The van der Waals surface area contributed by atoms with Crippen LogP contribution in [0.4, 0.5) is 11.4 Å². The predicted octanol–water partition coefficient (Wildman–Crippen LogP) is 3.03. The number of carbonyl (C=O) groups excluding carboxylic acids is 1.